The third-order valence-electron chi connectivity index (χ3n) is 5.41. The third kappa shape index (κ3) is 4.66. The monoisotopic (exact) mass is 390 g/mol. The van der Waals surface area contributed by atoms with Crippen molar-refractivity contribution >= 4 is 11.6 Å². The lowest BCUT2D eigenvalue weighted by molar-refractivity contribution is -0.121. The van der Waals surface area contributed by atoms with Gasteiger partial charge in [0.15, 0.2) is 0 Å². The van der Waals surface area contributed by atoms with E-state index in [0.29, 0.717) is 0 Å². The quantitative estimate of drug-likeness (QED) is 0.669. The Hall–Kier alpha value is -3.12. The second-order valence-electron chi connectivity index (χ2n) is 7.42. The predicted molar refractivity (Wildman–Crippen MR) is 114 cm³/mol. The molecule has 0 saturated carbocycles. The molecule has 2 aromatic carbocycles. The van der Waals surface area contributed by atoms with Gasteiger partial charge in [0.05, 0.1) is 13.0 Å². The molecule has 1 fully saturated rings. The molecule has 0 unspecified atom stereocenters. The zero-order valence-electron chi connectivity index (χ0n) is 16.6. The lowest BCUT2D eigenvalue weighted by Crippen LogP contribution is -2.40. The number of nitrogens with one attached hydrogen (secondary N) is 2. The highest BCUT2D eigenvalue weighted by Crippen LogP contribution is 2.30. The summed E-state index contributed by atoms with van der Waals surface area (Å²) in [6, 6.07) is 17.8. The van der Waals surface area contributed by atoms with Gasteiger partial charge in [0.25, 0.3) is 0 Å². The fourth-order valence-corrected chi connectivity index (χ4v) is 3.88. The van der Waals surface area contributed by atoms with Crippen molar-refractivity contribution in [3.05, 3.63) is 66.5 Å². The number of anilines is 1. The molecule has 1 atom stereocenters. The average Bonchev–Trinajstić information content (AvgIpc) is 3.27. The lowest BCUT2D eigenvalue weighted by atomic mass is 9.96. The number of carbonyl (C=O) groups excluding carboxylic acids is 1. The highest BCUT2D eigenvalue weighted by molar-refractivity contribution is 5.97. The summed E-state index contributed by atoms with van der Waals surface area (Å²) in [5.74, 6) is 0.880. The van der Waals surface area contributed by atoms with Crippen molar-refractivity contribution in [2.45, 2.75) is 19.4 Å². The third-order valence-corrected chi connectivity index (χ3v) is 5.41. The molecule has 4 rings (SSSR count). The topological polar surface area (TPSA) is 70.2 Å². The van der Waals surface area contributed by atoms with Gasteiger partial charge in [-0.05, 0) is 49.2 Å². The van der Waals surface area contributed by atoms with Crippen LogP contribution in [0, 0.1) is 5.92 Å². The van der Waals surface area contributed by atoms with Gasteiger partial charge in [0, 0.05) is 36.2 Å². The Morgan fingerprint density at radius 3 is 2.79 bits per heavy atom. The van der Waals surface area contributed by atoms with Crippen molar-refractivity contribution in [2.24, 2.45) is 5.92 Å². The van der Waals surface area contributed by atoms with Crippen molar-refractivity contribution in [3.8, 4) is 16.9 Å². The van der Waals surface area contributed by atoms with Crippen LogP contribution in [0.1, 0.15) is 18.5 Å². The second kappa shape index (κ2) is 8.92. The largest absolute Gasteiger partial charge is 0.497 e. The zero-order chi connectivity index (χ0) is 20.1. The number of amides is 1. The first-order valence-corrected chi connectivity index (χ1v) is 9.98. The maximum Gasteiger partial charge on any atom is 0.228 e. The van der Waals surface area contributed by atoms with Gasteiger partial charge in [-0.1, -0.05) is 30.3 Å². The fourth-order valence-electron chi connectivity index (χ4n) is 3.88. The molecule has 0 bridgehead atoms. The number of hydrogen-bond acceptors (Lipinski definition) is 4. The van der Waals surface area contributed by atoms with Crippen LogP contribution in [0.3, 0.4) is 0 Å². The van der Waals surface area contributed by atoms with Crippen molar-refractivity contribution in [3.63, 3.8) is 0 Å². The molecule has 6 nitrogen and oxygen atoms in total. The Morgan fingerprint density at radius 1 is 1.21 bits per heavy atom. The van der Waals surface area contributed by atoms with Crippen LogP contribution >= 0.6 is 0 Å². The van der Waals surface area contributed by atoms with Crippen LogP contribution in [-0.4, -0.2) is 41.2 Å². The number of para-hydroxylation sites is 1. The van der Waals surface area contributed by atoms with Gasteiger partial charge in [-0.3, -0.25) is 14.8 Å². The SMILES string of the molecule is COc1ccc(-c2ccccc2NC(=O)[C@@H]2CCCN(Cc3ccn[nH]3)C2)cc1. The maximum atomic E-state index is 13.0. The number of aromatic amines is 1. The average molecular weight is 390 g/mol. The fraction of sp³-hybridized carbons (Fsp3) is 0.304. The van der Waals surface area contributed by atoms with Crippen LogP contribution in [0.25, 0.3) is 11.1 Å². The summed E-state index contributed by atoms with van der Waals surface area (Å²) in [5.41, 5.74) is 3.98. The highest BCUT2D eigenvalue weighted by Gasteiger charge is 2.26. The summed E-state index contributed by atoms with van der Waals surface area (Å²) in [7, 11) is 1.66. The van der Waals surface area contributed by atoms with E-state index in [4.69, 9.17) is 4.74 Å². The Labute approximate surface area is 170 Å². The molecule has 2 heterocycles. The number of methoxy groups -OCH3 is 1. The predicted octanol–water partition coefficient (Wildman–Crippen LogP) is 3.94. The number of likely N-dealkylation sites (tertiary alicyclic amines) is 1. The first-order valence-electron chi connectivity index (χ1n) is 9.98. The Kier molecular flexibility index (Phi) is 5.91. The van der Waals surface area contributed by atoms with Crippen LogP contribution in [0.2, 0.25) is 0 Å². The Balaban J connectivity index is 1.45. The van der Waals surface area contributed by atoms with Gasteiger partial charge in [-0.15, -0.1) is 0 Å². The van der Waals surface area contributed by atoms with Crippen LogP contribution in [0.15, 0.2) is 60.8 Å². The molecule has 2 N–H and O–H groups in total. The van der Waals surface area contributed by atoms with Crippen LogP contribution in [0.5, 0.6) is 5.75 Å². The van der Waals surface area contributed by atoms with Crippen molar-refractivity contribution in [2.75, 3.05) is 25.5 Å². The summed E-state index contributed by atoms with van der Waals surface area (Å²) < 4.78 is 5.25. The number of benzene rings is 2. The summed E-state index contributed by atoms with van der Waals surface area (Å²) in [6.07, 6.45) is 3.70. The highest BCUT2D eigenvalue weighted by atomic mass is 16.5. The lowest BCUT2D eigenvalue weighted by Gasteiger charge is -2.31. The molecular weight excluding hydrogens is 364 g/mol. The second-order valence-corrected chi connectivity index (χ2v) is 7.42. The van der Waals surface area contributed by atoms with Gasteiger partial charge in [-0.2, -0.15) is 5.10 Å². The van der Waals surface area contributed by atoms with Crippen molar-refractivity contribution in [1.29, 1.82) is 0 Å². The molecule has 1 amide bonds. The van der Waals surface area contributed by atoms with Crippen LogP contribution in [-0.2, 0) is 11.3 Å². The number of piperidine rings is 1. The van der Waals surface area contributed by atoms with E-state index in [2.05, 4.69) is 20.4 Å². The molecule has 1 aliphatic rings. The smallest absolute Gasteiger partial charge is 0.228 e. The minimum absolute atomic E-state index is 0.0180. The summed E-state index contributed by atoms with van der Waals surface area (Å²) >= 11 is 0. The summed E-state index contributed by atoms with van der Waals surface area (Å²) in [4.78, 5) is 15.3. The minimum Gasteiger partial charge on any atom is -0.497 e. The first kappa shape index (κ1) is 19.2. The van der Waals surface area contributed by atoms with E-state index in [0.717, 1.165) is 60.7 Å². The zero-order valence-corrected chi connectivity index (χ0v) is 16.6. The van der Waals surface area contributed by atoms with E-state index >= 15 is 0 Å². The molecule has 1 aromatic heterocycles. The molecule has 1 aliphatic heterocycles. The van der Waals surface area contributed by atoms with Crippen molar-refractivity contribution in [1.82, 2.24) is 15.1 Å². The van der Waals surface area contributed by atoms with Gasteiger partial charge < -0.3 is 10.1 Å². The number of aromatic nitrogens is 2. The van der Waals surface area contributed by atoms with E-state index in [1.165, 1.54) is 0 Å². The van der Waals surface area contributed by atoms with E-state index in [1.807, 2.05) is 54.6 Å². The van der Waals surface area contributed by atoms with E-state index < -0.39 is 0 Å². The molecule has 0 radical (unpaired) electrons. The molecule has 0 aliphatic carbocycles. The van der Waals surface area contributed by atoms with Gasteiger partial charge in [0.2, 0.25) is 5.91 Å². The van der Waals surface area contributed by atoms with Crippen LogP contribution < -0.4 is 10.1 Å². The van der Waals surface area contributed by atoms with Gasteiger partial charge in [0.1, 0.15) is 5.75 Å². The number of rotatable bonds is 6. The number of H-pyrrole nitrogens is 1. The van der Waals surface area contributed by atoms with E-state index in [-0.39, 0.29) is 11.8 Å². The van der Waals surface area contributed by atoms with Crippen molar-refractivity contribution < 1.29 is 9.53 Å². The number of nitrogens with zero attached hydrogens (tertiary/aromatic N) is 2. The summed E-state index contributed by atoms with van der Waals surface area (Å²) in [6.45, 7) is 2.56. The van der Waals surface area contributed by atoms with E-state index in [1.54, 1.807) is 13.3 Å². The number of ether oxygens (including phenoxy) is 1. The normalized spacial score (nSPS) is 17.1. The number of carbonyl (C=O) groups is 1. The molecule has 150 valence electrons. The molecule has 29 heavy (non-hydrogen) atoms. The molecular formula is C23H26N4O2. The Bertz CT molecular complexity index is 938. The summed E-state index contributed by atoms with van der Waals surface area (Å²) in [5, 5.41) is 10.2. The first-order chi connectivity index (χ1) is 14.2. The number of hydrogen-bond donors (Lipinski definition) is 2. The maximum absolute atomic E-state index is 13.0. The van der Waals surface area contributed by atoms with E-state index in [9.17, 15) is 4.79 Å². The van der Waals surface area contributed by atoms with Gasteiger partial charge in [-0.25, -0.2) is 0 Å². The Morgan fingerprint density at radius 2 is 2.03 bits per heavy atom. The van der Waals surface area contributed by atoms with Crippen LogP contribution in [0.4, 0.5) is 5.69 Å². The van der Waals surface area contributed by atoms with Gasteiger partial charge >= 0.3 is 0 Å². The molecule has 3 aromatic rings. The molecule has 0 spiro atoms. The molecule has 1 saturated heterocycles. The minimum atomic E-state index is -0.0180. The standard InChI is InChI=1S/C23H26N4O2/c1-29-20-10-8-17(9-11-20)21-6-2-3-7-22(21)25-23(28)18-5-4-14-27(15-18)16-19-12-13-24-26-19/h2-3,6-13,18H,4-5,14-16H2,1H3,(H,24,26)(H,25,28)/t18-/m1/s1. The molecule has 6 heteroatoms.